The third kappa shape index (κ3) is 3.43. The molecule has 2 heterocycles. The van der Waals surface area contributed by atoms with Crippen molar-refractivity contribution in [3.63, 3.8) is 0 Å². The lowest BCUT2D eigenvalue weighted by Crippen LogP contribution is -2.27. The summed E-state index contributed by atoms with van der Waals surface area (Å²) >= 11 is 0. The van der Waals surface area contributed by atoms with Crippen LogP contribution in [-0.2, 0) is 6.42 Å². The number of para-hydroxylation sites is 1. The first kappa shape index (κ1) is 15.3. The number of rotatable bonds is 6. The Morgan fingerprint density at radius 2 is 2.09 bits per heavy atom. The van der Waals surface area contributed by atoms with Crippen LogP contribution >= 0.6 is 0 Å². The Morgan fingerprint density at radius 1 is 1.26 bits per heavy atom. The lowest BCUT2D eigenvalue weighted by Gasteiger charge is -2.18. The van der Waals surface area contributed by atoms with Crippen LogP contribution in [0.5, 0.6) is 0 Å². The molecule has 0 bridgehead atoms. The highest BCUT2D eigenvalue weighted by Crippen LogP contribution is 2.20. The number of aliphatic hydroxyl groups is 1. The maximum atomic E-state index is 9.71. The van der Waals surface area contributed by atoms with E-state index in [1.54, 1.807) is 6.20 Å². The minimum absolute atomic E-state index is 0.0286. The van der Waals surface area contributed by atoms with Crippen LogP contribution in [0.15, 0.2) is 42.7 Å². The standard InChI is InChI=1S/C17H21N5O/c1-22(2)17-18-8-7-16(21-17)20-13(11-23)9-12-10-19-15-6-4-3-5-14(12)15/h3-8,10,13,19,23H,9,11H2,1-2H3,(H,18,20,21)/t13-/m1/s1. The molecule has 6 heteroatoms. The van der Waals surface area contributed by atoms with Gasteiger partial charge in [0.1, 0.15) is 5.82 Å². The second-order valence-electron chi connectivity index (χ2n) is 5.72. The van der Waals surface area contributed by atoms with Crippen molar-refractivity contribution in [3.05, 3.63) is 48.3 Å². The molecular weight excluding hydrogens is 290 g/mol. The van der Waals surface area contributed by atoms with E-state index in [4.69, 9.17) is 0 Å². The topological polar surface area (TPSA) is 77.1 Å². The Morgan fingerprint density at radius 3 is 2.87 bits per heavy atom. The first-order chi connectivity index (χ1) is 11.2. The molecule has 120 valence electrons. The third-order valence-corrected chi connectivity index (χ3v) is 3.76. The van der Waals surface area contributed by atoms with Crippen LogP contribution in [-0.4, -0.2) is 46.8 Å². The molecule has 0 radical (unpaired) electrons. The van der Waals surface area contributed by atoms with Gasteiger partial charge in [-0.25, -0.2) is 4.98 Å². The molecule has 0 unspecified atom stereocenters. The van der Waals surface area contributed by atoms with Crippen LogP contribution in [0.2, 0.25) is 0 Å². The first-order valence-corrected chi connectivity index (χ1v) is 7.60. The zero-order chi connectivity index (χ0) is 16.2. The monoisotopic (exact) mass is 311 g/mol. The molecule has 0 fully saturated rings. The highest BCUT2D eigenvalue weighted by Gasteiger charge is 2.13. The van der Waals surface area contributed by atoms with Crippen molar-refractivity contribution in [2.45, 2.75) is 12.5 Å². The lowest BCUT2D eigenvalue weighted by atomic mass is 10.1. The second-order valence-corrected chi connectivity index (χ2v) is 5.72. The van der Waals surface area contributed by atoms with E-state index in [0.29, 0.717) is 18.2 Å². The maximum absolute atomic E-state index is 9.71. The molecule has 0 amide bonds. The molecule has 0 saturated heterocycles. The van der Waals surface area contributed by atoms with Gasteiger partial charge >= 0.3 is 0 Å². The Kier molecular flexibility index (Phi) is 4.43. The fraction of sp³-hybridized carbons (Fsp3) is 0.294. The van der Waals surface area contributed by atoms with Gasteiger partial charge < -0.3 is 20.3 Å². The summed E-state index contributed by atoms with van der Waals surface area (Å²) in [5.74, 6) is 1.35. The number of fused-ring (bicyclic) bond motifs is 1. The minimum atomic E-state index is -0.112. The van der Waals surface area contributed by atoms with Gasteiger partial charge in [0.25, 0.3) is 0 Å². The lowest BCUT2D eigenvalue weighted by molar-refractivity contribution is 0.273. The molecule has 1 aromatic carbocycles. The number of aromatic amines is 1. The average Bonchev–Trinajstić information content (AvgIpc) is 2.97. The maximum Gasteiger partial charge on any atom is 0.226 e. The van der Waals surface area contributed by atoms with Gasteiger partial charge in [-0.2, -0.15) is 4.98 Å². The van der Waals surface area contributed by atoms with Crippen molar-refractivity contribution in [2.75, 3.05) is 30.9 Å². The molecule has 0 aliphatic rings. The molecule has 1 atom stereocenters. The molecule has 6 nitrogen and oxygen atoms in total. The van der Waals surface area contributed by atoms with Gasteiger partial charge in [0.05, 0.1) is 12.6 Å². The van der Waals surface area contributed by atoms with E-state index in [-0.39, 0.29) is 12.6 Å². The number of anilines is 2. The summed E-state index contributed by atoms with van der Waals surface area (Å²) in [7, 11) is 3.79. The van der Waals surface area contributed by atoms with Gasteiger partial charge in [0.2, 0.25) is 5.95 Å². The summed E-state index contributed by atoms with van der Waals surface area (Å²) in [4.78, 5) is 13.7. The molecule has 3 aromatic rings. The fourth-order valence-corrected chi connectivity index (χ4v) is 2.58. The van der Waals surface area contributed by atoms with Crippen molar-refractivity contribution in [1.29, 1.82) is 0 Å². The summed E-state index contributed by atoms with van der Waals surface area (Å²) in [5, 5.41) is 14.2. The number of hydrogen-bond donors (Lipinski definition) is 3. The summed E-state index contributed by atoms with van der Waals surface area (Å²) < 4.78 is 0. The number of aliphatic hydroxyl groups excluding tert-OH is 1. The average molecular weight is 311 g/mol. The van der Waals surface area contributed by atoms with Gasteiger partial charge in [-0.1, -0.05) is 18.2 Å². The molecular formula is C17H21N5O. The van der Waals surface area contributed by atoms with Crippen LogP contribution in [0.3, 0.4) is 0 Å². The molecule has 23 heavy (non-hydrogen) atoms. The number of hydrogen-bond acceptors (Lipinski definition) is 5. The van der Waals surface area contributed by atoms with Gasteiger partial charge in [0, 0.05) is 37.4 Å². The van der Waals surface area contributed by atoms with E-state index in [1.165, 1.54) is 10.9 Å². The molecule has 3 N–H and O–H groups in total. The number of nitrogens with zero attached hydrogens (tertiary/aromatic N) is 3. The number of nitrogens with one attached hydrogen (secondary N) is 2. The van der Waals surface area contributed by atoms with Crippen LogP contribution in [0.1, 0.15) is 5.56 Å². The Labute approximate surface area is 135 Å². The zero-order valence-corrected chi connectivity index (χ0v) is 13.3. The molecule has 0 saturated carbocycles. The van der Waals surface area contributed by atoms with Crippen molar-refractivity contribution >= 4 is 22.7 Å². The van der Waals surface area contributed by atoms with E-state index in [9.17, 15) is 5.11 Å². The van der Waals surface area contributed by atoms with Gasteiger partial charge in [0.15, 0.2) is 0 Å². The summed E-state index contributed by atoms with van der Waals surface area (Å²) in [6.07, 6.45) is 4.42. The number of aromatic nitrogens is 3. The van der Waals surface area contributed by atoms with Gasteiger partial charge in [-0.3, -0.25) is 0 Å². The molecule has 0 aliphatic carbocycles. The molecule has 2 aromatic heterocycles. The number of benzene rings is 1. The zero-order valence-electron chi connectivity index (χ0n) is 13.3. The van der Waals surface area contributed by atoms with Crippen LogP contribution < -0.4 is 10.2 Å². The Balaban J connectivity index is 1.77. The van der Waals surface area contributed by atoms with Crippen LogP contribution in [0, 0.1) is 0 Å². The quantitative estimate of drug-likeness (QED) is 0.649. The summed E-state index contributed by atoms with van der Waals surface area (Å²) in [6.45, 7) is 0.0286. The highest BCUT2D eigenvalue weighted by atomic mass is 16.3. The molecule has 3 rings (SSSR count). The van der Waals surface area contributed by atoms with Crippen molar-refractivity contribution in [3.8, 4) is 0 Å². The van der Waals surface area contributed by atoms with Crippen molar-refractivity contribution < 1.29 is 5.11 Å². The highest BCUT2D eigenvalue weighted by molar-refractivity contribution is 5.83. The predicted octanol–water partition coefficient (Wildman–Crippen LogP) is 2.04. The summed E-state index contributed by atoms with van der Waals surface area (Å²) in [6, 6.07) is 9.87. The minimum Gasteiger partial charge on any atom is -0.394 e. The molecule has 0 aliphatic heterocycles. The Hall–Kier alpha value is -2.60. The van der Waals surface area contributed by atoms with Gasteiger partial charge in [-0.15, -0.1) is 0 Å². The SMILES string of the molecule is CN(C)c1nccc(N[C@@H](CO)Cc2c[nH]c3ccccc23)n1. The largest absolute Gasteiger partial charge is 0.394 e. The summed E-state index contributed by atoms with van der Waals surface area (Å²) in [5.41, 5.74) is 2.28. The fourth-order valence-electron chi connectivity index (χ4n) is 2.58. The third-order valence-electron chi connectivity index (χ3n) is 3.76. The van der Waals surface area contributed by atoms with E-state index >= 15 is 0 Å². The van der Waals surface area contributed by atoms with Gasteiger partial charge in [-0.05, 0) is 24.1 Å². The van der Waals surface area contributed by atoms with Crippen LogP contribution in [0.4, 0.5) is 11.8 Å². The molecule has 0 spiro atoms. The normalized spacial score (nSPS) is 12.3. The van der Waals surface area contributed by atoms with Crippen molar-refractivity contribution in [2.24, 2.45) is 0 Å². The first-order valence-electron chi connectivity index (χ1n) is 7.60. The number of H-pyrrole nitrogens is 1. The van der Waals surface area contributed by atoms with E-state index in [2.05, 4.69) is 26.3 Å². The van der Waals surface area contributed by atoms with E-state index in [0.717, 1.165) is 5.52 Å². The Bertz CT molecular complexity index is 783. The second kappa shape index (κ2) is 6.66. The van der Waals surface area contributed by atoms with Crippen LogP contribution in [0.25, 0.3) is 10.9 Å². The smallest absolute Gasteiger partial charge is 0.226 e. The van der Waals surface area contributed by atoms with Crippen molar-refractivity contribution in [1.82, 2.24) is 15.0 Å². The van der Waals surface area contributed by atoms with E-state index in [1.807, 2.05) is 49.5 Å². The predicted molar refractivity (Wildman–Crippen MR) is 92.9 cm³/mol. The van der Waals surface area contributed by atoms with E-state index < -0.39 is 0 Å².